The zero-order valence-electron chi connectivity index (χ0n) is 13.8. The second-order valence-corrected chi connectivity index (χ2v) is 8.13. The predicted molar refractivity (Wildman–Crippen MR) is 90.7 cm³/mol. The van der Waals surface area contributed by atoms with Crippen molar-refractivity contribution in [3.8, 4) is 0 Å². The molecule has 0 aliphatic carbocycles. The molecule has 2 aromatic carbocycles. The summed E-state index contributed by atoms with van der Waals surface area (Å²) in [7, 11) is -3.95. The van der Waals surface area contributed by atoms with E-state index >= 15 is 0 Å². The van der Waals surface area contributed by atoms with Gasteiger partial charge in [-0.25, -0.2) is 12.7 Å². The first-order valence-electron chi connectivity index (χ1n) is 7.36. The number of rotatable bonds is 3. The standard InChI is InChI=1S/C18H21NO3S/c1-14-10-8-9-13-16(14)23(21,22)19(18(2,3)4)17(20)15-11-6-5-7-12-15/h5-13H,1-4H3. The van der Waals surface area contributed by atoms with Crippen LogP contribution in [0.25, 0.3) is 0 Å². The summed E-state index contributed by atoms with van der Waals surface area (Å²) in [4.78, 5) is 13.0. The summed E-state index contributed by atoms with van der Waals surface area (Å²) in [5.74, 6) is -0.527. The molecule has 0 saturated heterocycles. The molecule has 0 unspecified atom stereocenters. The maximum absolute atomic E-state index is 13.1. The molecule has 23 heavy (non-hydrogen) atoms. The minimum absolute atomic E-state index is 0.152. The largest absolute Gasteiger partial charge is 0.268 e. The van der Waals surface area contributed by atoms with E-state index in [4.69, 9.17) is 0 Å². The average molecular weight is 331 g/mol. The van der Waals surface area contributed by atoms with Gasteiger partial charge in [0.15, 0.2) is 0 Å². The highest BCUT2D eigenvalue weighted by molar-refractivity contribution is 7.89. The Morgan fingerprint density at radius 1 is 0.913 bits per heavy atom. The Labute approximate surface area is 137 Å². The molecule has 2 aromatic rings. The lowest BCUT2D eigenvalue weighted by Gasteiger charge is -2.35. The van der Waals surface area contributed by atoms with E-state index in [2.05, 4.69) is 0 Å². The quantitative estimate of drug-likeness (QED) is 0.863. The Bertz CT molecular complexity index is 806. The van der Waals surface area contributed by atoms with Crippen LogP contribution in [0.15, 0.2) is 59.5 Å². The van der Waals surface area contributed by atoms with Gasteiger partial charge in [-0.05, 0) is 51.5 Å². The van der Waals surface area contributed by atoms with Crippen LogP contribution in [0, 0.1) is 6.92 Å². The molecule has 0 saturated carbocycles. The van der Waals surface area contributed by atoms with Crippen LogP contribution >= 0.6 is 0 Å². The third-order valence-corrected chi connectivity index (χ3v) is 5.63. The molecule has 0 fully saturated rings. The second kappa shape index (κ2) is 6.16. The van der Waals surface area contributed by atoms with Crippen molar-refractivity contribution in [1.82, 2.24) is 4.31 Å². The highest BCUT2D eigenvalue weighted by Gasteiger charge is 2.39. The van der Waals surface area contributed by atoms with Crippen molar-refractivity contribution in [3.63, 3.8) is 0 Å². The first kappa shape index (κ1) is 17.2. The molecular formula is C18H21NO3S. The number of aryl methyl sites for hydroxylation is 1. The zero-order chi connectivity index (χ0) is 17.3. The molecule has 5 heteroatoms. The number of amides is 1. The number of nitrogens with zero attached hydrogens (tertiary/aromatic N) is 1. The van der Waals surface area contributed by atoms with E-state index in [-0.39, 0.29) is 4.90 Å². The number of hydrogen-bond donors (Lipinski definition) is 0. The van der Waals surface area contributed by atoms with E-state index in [1.807, 2.05) is 0 Å². The molecule has 0 spiro atoms. The van der Waals surface area contributed by atoms with Crippen molar-refractivity contribution in [2.45, 2.75) is 38.1 Å². The summed E-state index contributed by atoms with van der Waals surface area (Å²) in [5, 5.41) is 0. The van der Waals surface area contributed by atoms with Gasteiger partial charge in [0, 0.05) is 5.56 Å². The monoisotopic (exact) mass is 331 g/mol. The minimum atomic E-state index is -3.95. The third-order valence-electron chi connectivity index (χ3n) is 3.43. The van der Waals surface area contributed by atoms with Gasteiger partial charge in [0.25, 0.3) is 15.9 Å². The van der Waals surface area contributed by atoms with E-state index in [1.165, 1.54) is 6.07 Å². The number of hydrogen-bond acceptors (Lipinski definition) is 3. The number of benzene rings is 2. The van der Waals surface area contributed by atoms with Crippen LogP contribution in [0.3, 0.4) is 0 Å². The molecule has 0 aromatic heterocycles. The Morgan fingerprint density at radius 2 is 1.43 bits per heavy atom. The molecular weight excluding hydrogens is 310 g/mol. The van der Waals surface area contributed by atoms with Gasteiger partial charge in [-0.15, -0.1) is 0 Å². The Morgan fingerprint density at radius 3 is 1.96 bits per heavy atom. The van der Waals surface area contributed by atoms with Gasteiger partial charge in [-0.2, -0.15) is 0 Å². The third kappa shape index (κ3) is 3.45. The van der Waals surface area contributed by atoms with Crippen molar-refractivity contribution in [1.29, 1.82) is 0 Å². The average Bonchev–Trinajstić information content (AvgIpc) is 2.46. The summed E-state index contributed by atoms with van der Waals surface area (Å²) >= 11 is 0. The lowest BCUT2D eigenvalue weighted by molar-refractivity contribution is 0.0773. The summed E-state index contributed by atoms with van der Waals surface area (Å²) < 4.78 is 27.2. The molecule has 0 heterocycles. The van der Waals surface area contributed by atoms with Gasteiger partial charge in [0.2, 0.25) is 0 Å². The Kier molecular flexibility index (Phi) is 4.61. The topological polar surface area (TPSA) is 54.5 Å². The molecule has 1 amide bonds. The maximum Gasteiger partial charge on any atom is 0.268 e. The SMILES string of the molecule is Cc1ccccc1S(=O)(=O)N(C(=O)c1ccccc1)C(C)(C)C. The fraction of sp³-hybridized carbons (Fsp3) is 0.278. The highest BCUT2D eigenvalue weighted by atomic mass is 32.2. The zero-order valence-corrected chi connectivity index (χ0v) is 14.6. The maximum atomic E-state index is 13.1. The first-order valence-corrected chi connectivity index (χ1v) is 8.80. The van der Waals surface area contributed by atoms with Crippen LogP contribution in [0.2, 0.25) is 0 Å². The van der Waals surface area contributed by atoms with Crippen LogP contribution in [-0.4, -0.2) is 24.2 Å². The lowest BCUT2D eigenvalue weighted by atomic mass is 10.1. The molecule has 0 radical (unpaired) electrons. The first-order chi connectivity index (χ1) is 10.7. The molecule has 0 aliphatic heterocycles. The van der Waals surface area contributed by atoms with Crippen molar-refractivity contribution < 1.29 is 13.2 Å². The summed E-state index contributed by atoms with van der Waals surface area (Å²) in [6, 6.07) is 15.1. The highest BCUT2D eigenvalue weighted by Crippen LogP contribution is 2.28. The fourth-order valence-corrected chi connectivity index (χ4v) is 4.38. The van der Waals surface area contributed by atoms with Crippen LogP contribution in [0.5, 0.6) is 0 Å². The van der Waals surface area contributed by atoms with Crippen molar-refractivity contribution in [2.75, 3.05) is 0 Å². The van der Waals surface area contributed by atoms with E-state index in [9.17, 15) is 13.2 Å². The van der Waals surface area contributed by atoms with Gasteiger partial charge in [-0.3, -0.25) is 4.79 Å². The van der Waals surface area contributed by atoms with Gasteiger partial charge < -0.3 is 0 Å². The Hall–Kier alpha value is -2.14. The van der Waals surface area contributed by atoms with Crippen LogP contribution in [0.4, 0.5) is 0 Å². The summed E-state index contributed by atoms with van der Waals surface area (Å²) in [6.45, 7) is 6.86. The van der Waals surface area contributed by atoms with E-state index in [1.54, 1.807) is 76.2 Å². The van der Waals surface area contributed by atoms with Gasteiger partial charge in [-0.1, -0.05) is 36.4 Å². The smallest absolute Gasteiger partial charge is 0.268 e. The predicted octanol–water partition coefficient (Wildman–Crippen LogP) is 3.62. The normalized spacial score (nSPS) is 12.0. The summed E-state index contributed by atoms with van der Waals surface area (Å²) in [5.41, 5.74) is 0.0795. The Balaban J connectivity index is 2.61. The van der Waals surface area contributed by atoms with Gasteiger partial charge in [0.1, 0.15) is 0 Å². The molecule has 0 atom stereocenters. The van der Waals surface area contributed by atoms with Crippen LogP contribution in [-0.2, 0) is 10.0 Å². The van der Waals surface area contributed by atoms with E-state index in [0.29, 0.717) is 11.1 Å². The number of carbonyl (C=O) groups is 1. The van der Waals surface area contributed by atoms with Crippen molar-refractivity contribution >= 4 is 15.9 Å². The molecule has 122 valence electrons. The van der Waals surface area contributed by atoms with Crippen LogP contribution in [0.1, 0.15) is 36.7 Å². The van der Waals surface area contributed by atoms with Gasteiger partial charge in [0.05, 0.1) is 10.4 Å². The van der Waals surface area contributed by atoms with Crippen LogP contribution < -0.4 is 0 Å². The van der Waals surface area contributed by atoms with Crippen molar-refractivity contribution in [2.24, 2.45) is 0 Å². The molecule has 2 rings (SSSR count). The number of sulfonamides is 1. The number of carbonyl (C=O) groups excluding carboxylic acids is 1. The second-order valence-electron chi connectivity index (χ2n) is 6.38. The summed E-state index contributed by atoms with van der Waals surface area (Å²) in [6.07, 6.45) is 0. The molecule has 0 N–H and O–H groups in total. The van der Waals surface area contributed by atoms with E-state index < -0.39 is 21.5 Å². The van der Waals surface area contributed by atoms with E-state index in [0.717, 1.165) is 4.31 Å². The molecule has 0 bridgehead atoms. The lowest BCUT2D eigenvalue weighted by Crippen LogP contribution is -2.49. The van der Waals surface area contributed by atoms with Gasteiger partial charge >= 0.3 is 0 Å². The fourth-order valence-electron chi connectivity index (χ4n) is 2.42. The molecule has 4 nitrogen and oxygen atoms in total. The minimum Gasteiger partial charge on any atom is -0.268 e. The molecule has 0 aliphatic rings. The van der Waals surface area contributed by atoms with Crippen molar-refractivity contribution in [3.05, 3.63) is 65.7 Å².